The summed E-state index contributed by atoms with van der Waals surface area (Å²) in [4.78, 5) is 88.2. The third kappa shape index (κ3) is 17.4. The molecule has 1 aromatic rings. The zero-order valence-electron chi connectivity index (χ0n) is 30.1. The summed E-state index contributed by atoms with van der Waals surface area (Å²) in [6.07, 6.45) is -1.53. The van der Waals surface area contributed by atoms with E-state index < -0.39 is 122 Å². The lowest BCUT2D eigenvalue weighted by atomic mass is 10.0. The van der Waals surface area contributed by atoms with Gasteiger partial charge in [-0.25, -0.2) is 0 Å². The summed E-state index contributed by atoms with van der Waals surface area (Å²) in [6.45, 7) is -1.03. The minimum atomic E-state index is -1.79. The summed E-state index contributed by atoms with van der Waals surface area (Å²) in [6, 6.07) is -0.517. The average molecular weight is 770 g/mol. The van der Waals surface area contributed by atoms with Crippen molar-refractivity contribution < 1.29 is 59.1 Å². The number of nitrogens with one attached hydrogen (secondary N) is 6. The van der Waals surface area contributed by atoms with Gasteiger partial charge in [0.1, 0.15) is 30.2 Å². The molecular formula is C33H55N9O12. The summed E-state index contributed by atoms with van der Waals surface area (Å²) in [5.74, 6) is -7.02. The number of primary amides is 1. The molecule has 0 bridgehead atoms. The van der Waals surface area contributed by atoms with Gasteiger partial charge < -0.3 is 74.6 Å². The number of carboxylic acids is 1. The zero-order chi connectivity index (χ0) is 40.8. The van der Waals surface area contributed by atoms with Crippen molar-refractivity contribution in [3.8, 4) is 0 Å². The quantitative estimate of drug-likeness (QED) is 0.0370. The van der Waals surface area contributed by atoms with Crippen LogP contribution in [0.1, 0.15) is 44.6 Å². The summed E-state index contributed by atoms with van der Waals surface area (Å²) >= 11 is 0. The van der Waals surface area contributed by atoms with E-state index in [2.05, 4.69) is 31.9 Å². The van der Waals surface area contributed by atoms with Crippen molar-refractivity contribution in [1.82, 2.24) is 31.9 Å². The summed E-state index contributed by atoms with van der Waals surface area (Å²) < 4.78 is 0. The van der Waals surface area contributed by atoms with Crippen molar-refractivity contribution in [2.75, 3.05) is 32.9 Å². The maximum atomic E-state index is 13.4. The van der Waals surface area contributed by atoms with Crippen molar-refractivity contribution >= 4 is 41.4 Å². The van der Waals surface area contributed by atoms with Crippen molar-refractivity contribution in [2.45, 2.75) is 93.8 Å². The topological polar surface area (TPSA) is 371 Å². The van der Waals surface area contributed by atoms with Crippen LogP contribution in [-0.2, 0) is 40.0 Å². The van der Waals surface area contributed by atoms with Gasteiger partial charge in [-0.3, -0.25) is 33.6 Å². The van der Waals surface area contributed by atoms with E-state index in [0.717, 1.165) is 12.5 Å². The molecule has 6 amide bonds. The van der Waals surface area contributed by atoms with Crippen molar-refractivity contribution in [3.63, 3.8) is 0 Å². The van der Waals surface area contributed by atoms with Gasteiger partial charge in [0, 0.05) is 13.0 Å². The van der Waals surface area contributed by atoms with Gasteiger partial charge >= 0.3 is 5.97 Å². The van der Waals surface area contributed by atoms with E-state index in [-0.39, 0.29) is 25.9 Å². The highest BCUT2D eigenvalue weighted by Gasteiger charge is 2.34. The van der Waals surface area contributed by atoms with Gasteiger partial charge in [0.25, 0.3) is 0 Å². The SMILES string of the molecule is CC(O)[C@H](NC(=O)[C@H](CCC(=O)O)NC(=O)[C@@H](N)CO)C(=O)N[C@@H](CO)C(=O)N[C@@H](CCCCN)C(=O)N[C@@H](CO)CN[C@@H](Cc1ccccc1)C(N)=O. The summed E-state index contributed by atoms with van der Waals surface area (Å²) in [5, 5.41) is 63.0. The number of hydrogen-bond acceptors (Lipinski definition) is 14. The van der Waals surface area contributed by atoms with Gasteiger partial charge in [-0.2, -0.15) is 0 Å². The normalized spacial score (nSPS) is 15.5. The summed E-state index contributed by atoms with van der Waals surface area (Å²) in [7, 11) is 0. The van der Waals surface area contributed by atoms with Gasteiger partial charge in [-0.05, 0) is 51.1 Å². The van der Waals surface area contributed by atoms with Crippen LogP contribution in [0.15, 0.2) is 30.3 Å². The molecule has 0 heterocycles. The minimum absolute atomic E-state index is 0.0557. The van der Waals surface area contributed by atoms with Gasteiger partial charge in [-0.15, -0.1) is 0 Å². The zero-order valence-corrected chi connectivity index (χ0v) is 30.1. The average Bonchev–Trinajstić information content (AvgIpc) is 3.14. The Morgan fingerprint density at radius 3 is 1.81 bits per heavy atom. The molecule has 1 aromatic carbocycles. The Morgan fingerprint density at radius 1 is 0.704 bits per heavy atom. The third-order valence-electron chi connectivity index (χ3n) is 8.07. The van der Waals surface area contributed by atoms with E-state index in [4.69, 9.17) is 27.4 Å². The number of carboxylic acid groups (broad SMARTS) is 1. The molecule has 0 aliphatic heterocycles. The lowest BCUT2D eigenvalue weighted by molar-refractivity contribution is -0.139. The van der Waals surface area contributed by atoms with Gasteiger partial charge in [-0.1, -0.05) is 30.3 Å². The smallest absolute Gasteiger partial charge is 0.303 e. The Bertz CT molecular complexity index is 1370. The maximum Gasteiger partial charge on any atom is 0.303 e. The van der Waals surface area contributed by atoms with E-state index in [1.807, 2.05) is 6.07 Å². The first-order chi connectivity index (χ1) is 25.6. The second-order valence-electron chi connectivity index (χ2n) is 12.5. The number of rotatable bonds is 27. The molecule has 0 aliphatic carbocycles. The molecule has 21 heteroatoms. The molecule has 21 nitrogen and oxygen atoms in total. The van der Waals surface area contributed by atoms with Crippen LogP contribution in [0, 0.1) is 0 Å². The predicted octanol–water partition coefficient (Wildman–Crippen LogP) is -6.22. The highest BCUT2D eigenvalue weighted by molar-refractivity contribution is 5.96. The molecule has 0 spiro atoms. The Labute approximate surface area is 312 Å². The molecule has 0 radical (unpaired) electrons. The Hall–Kier alpha value is -4.77. The summed E-state index contributed by atoms with van der Waals surface area (Å²) in [5.41, 5.74) is 17.4. The van der Waals surface area contributed by atoms with Crippen molar-refractivity contribution in [3.05, 3.63) is 35.9 Å². The first kappa shape index (κ1) is 47.3. The number of amides is 6. The third-order valence-corrected chi connectivity index (χ3v) is 8.07. The van der Waals surface area contributed by atoms with E-state index in [1.165, 1.54) is 0 Å². The minimum Gasteiger partial charge on any atom is -0.481 e. The Morgan fingerprint density at radius 2 is 1.28 bits per heavy atom. The van der Waals surface area contributed by atoms with Gasteiger partial charge in [0.2, 0.25) is 35.4 Å². The molecular weight excluding hydrogens is 714 g/mol. The van der Waals surface area contributed by atoms with Crippen molar-refractivity contribution in [2.24, 2.45) is 17.2 Å². The highest BCUT2D eigenvalue weighted by Crippen LogP contribution is 2.06. The maximum absolute atomic E-state index is 13.4. The van der Waals surface area contributed by atoms with Crippen molar-refractivity contribution in [1.29, 1.82) is 0 Å². The lowest BCUT2D eigenvalue weighted by Gasteiger charge is -2.28. The van der Waals surface area contributed by atoms with Crippen LogP contribution >= 0.6 is 0 Å². The molecule has 0 aliphatic rings. The molecule has 0 fully saturated rings. The van der Waals surface area contributed by atoms with Crippen LogP contribution in [0.2, 0.25) is 0 Å². The van der Waals surface area contributed by atoms with Crippen LogP contribution in [0.25, 0.3) is 0 Å². The second-order valence-corrected chi connectivity index (χ2v) is 12.5. The number of aliphatic hydroxyl groups excluding tert-OH is 4. The van der Waals surface area contributed by atoms with Crippen LogP contribution in [0.4, 0.5) is 0 Å². The highest BCUT2D eigenvalue weighted by atomic mass is 16.4. The molecule has 0 saturated heterocycles. The Balaban J connectivity index is 3.05. The number of benzene rings is 1. The van der Waals surface area contributed by atoms with E-state index >= 15 is 0 Å². The van der Waals surface area contributed by atoms with Crippen LogP contribution in [0.5, 0.6) is 0 Å². The molecule has 1 unspecified atom stereocenters. The molecule has 1 rings (SSSR count). The molecule has 8 atom stereocenters. The number of aliphatic carboxylic acids is 1. The van der Waals surface area contributed by atoms with E-state index in [9.17, 15) is 48.9 Å². The Kier molecular flexibility index (Phi) is 22.1. The van der Waals surface area contributed by atoms with E-state index in [0.29, 0.717) is 12.8 Å². The predicted molar refractivity (Wildman–Crippen MR) is 191 cm³/mol. The second kappa shape index (κ2) is 25.3. The number of unbranched alkanes of at least 4 members (excludes halogenated alkanes) is 1. The number of aliphatic hydroxyl groups is 4. The fourth-order valence-electron chi connectivity index (χ4n) is 4.92. The van der Waals surface area contributed by atoms with Crippen LogP contribution in [-0.4, -0.2) is 148 Å². The van der Waals surface area contributed by atoms with Gasteiger partial charge in [0.15, 0.2) is 0 Å². The van der Waals surface area contributed by atoms with Gasteiger partial charge in [0.05, 0.1) is 38.0 Å². The lowest BCUT2D eigenvalue weighted by Crippen LogP contribution is -2.62. The number of nitrogens with two attached hydrogens (primary N) is 3. The molecule has 304 valence electrons. The fourth-order valence-corrected chi connectivity index (χ4v) is 4.92. The standard InChI is InChI=1S/C33H55N9O12/c1-18(46)27(42-31(52)23(10-11-26(47)48)39-29(50)21(35)16-44)33(54)41-25(17-45)32(53)40-22(9-5-6-12-34)30(51)38-20(15-43)14-37-24(28(36)49)13-19-7-3-2-4-8-19/h2-4,7-8,18,20-25,27,37,43-46H,5-6,9-17,34-35H2,1H3,(H2,36,49)(H,38,51)(H,39,50)(H,40,53)(H,41,54)(H,42,52)(H,47,48)/t18?,20-,21+,22+,23+,24+,25+,27+/m1/s1. The molecule has 0 saturated carbocycles. The van der Waals surface area contributed by atoms with Crippen LogP contribution in [0.3, 0.4) is 0 Å². The first-order valence-electron chi connectivity index (χ1n) is 17.3. The largest absolute Gasteiger partial charge is 0.481 e. The number of carbonyl (C=O) groups is 7. The molecule has 17 N–H and O–H groups in total. The monoisotopic (exact) mass is 769 g/mol. The fraction of sp³-hybridized carbons (Fsp3) is 0.606. The molecule has 54 heavy (non-hydrogen) atoms. The molecule has 0 aromatic heterocycles. The van der Waals surface area contributed by atoms with Crippen LogP contribution < -0.4 is 49.1 Å². The number of hydrogen-bond donors (Lipinski definition) is 14. The van der Waals surface area contributed by atoms with E-state index in [1.54, 1.807) is 24.3 Å². The number of carbonyl (C=O) groups excluding carboxylic acids is 6. The first-order valence-corrected chi connectivity index (χ1v) is 17.3.